The van der Waals surface area contributed by atoms with Gasteiger partial charge in [0.2, 0.25) is 6.29 Å². The van der Waals surface area contributed by atoms with Crippen LogP contribution in [-0.2, 0) is 19.1 Å². The predicted molar refractivity (Wildman–Crippen MR) is 89.1 cm³/mol. The number of aliphatic carboxylic acids is 2. The first kappa shape index (κ1) is 19.5. The minimum atomic E-state index is -1.00. The lowest BCUT2D eigenvalue weighted by atomic mass is 10.2. The van der Waals surface area contributed by atoms with Crippen LogP contribution >= 0.6 is 0 Å². The number of carboxylic acid groups (broad SMARTS) is 2. The third-order valence-electron chi connectivity index (χ3n) is 3.45. The maximum atomic E-state index is 10.9. The minimum absolute atomic E-state index is 0.113. The van der Waals surface area contributed by atoms with Crippen LogP contribution < -0.4 is 0 Å². The Morgan fingerprint density at radius 2 is 1.58 bits per heavy atom. The van der Waals surface area contributed by atoms with Crippen LogP contribution in [0.15, 0.2) is 48.5 Å². The number of carboxylic acids is 2. The van der Waals surface area contributed by atoms with Gasteiger partial charge in [0.1, 0.15) is 0 Å². The van der Waals surface area contributed by atoms with Crippen LogP contribution in [0.2, 0.25) is 0 Å². The average Bonchev–Trinajstić information content (AvgIpc) is 3.21. The minimum Gasteiger partial charge on any atom is -0.478 e. The largest absolute Gasteiger partial charge is 0.478 e. The number of ether oxygens (including phenoxy) is 2. The Labute approximate surface area is 141 Å². The molecule has 0 radical (unpaired) electrons. The van der Waals surface area contributed by atoms with E-state index in [1.54, 1.807) is 0 Å². The van der Waals surface area contributed by atoms with Crippen molar-refractivity contribution in [2.75, 3.05) is 0 Å². The summed E-state index contributed by atoms with van der Waals surface area (Å²) in [6.45, 7) is 6.51. The normalized spacial score (nSPS) is 15.7. The van der Waals surface area contributed by atoms with Gasteiger partial charge in [-0.05, 0) is 37.8 Å². The Kier molecular flexibility index (Phi) is 8.39. The molecule has 2 rings (SSSR count). The first-order chi connectivity index (χ1) is 11.4. The summed E-state index contributed by atoms with van der Waals surface area (Å²) in [4.78, 5) is 20.1. The third-order valence-corrected chi connectivity index (χ3v) is 3.45. The second kappa shape index (κ2) is 10.3. The molecular formula is C18H24O6. The van der Waals surface area contributed by atoms with Crippen molar-refractivity contribution in [3.63, 3.8) is 0 Å². The second-order valence-corrected chi connectivity index (χ2v) is 5.45. The van der Waals surface area contributed by atoms with Crippen molar-refractivity contribution in [2.45, 2.75) is 51.2 Å². The average molecular weight is 336 g/mol. The van der Waals surface area contributed by atoms with E-state index in [9.17, 15) is 9.59 Å². The smallest absolute Gasteiger partial charge is 0.331 e. The number of rotatable bonds is 8. The van der Waals surface area contributed by atoms with Gasteiger partial charge < -0.3 is 19.7 Å². The van der Waals surface area contributed by atoms with E-state index in [1.807, 2.05) is 12.2 Å². The van der Waals surface area contributed by atoms with Gasteiger partial charge >= 0.3 is 11.9 Å². The molecule has 0 aromatic heterocycles. The van der Waals surface area contributed by atoms with Gasteiger partial charge in [-0.2, -0.15) is 0 Å². The first-order valence-electron chi connectivity index (χ1n) is 7.90. The van der Waals surface area contributed by atoms with Crippen molar-refractivity contribution in [3.8, 4) is 0 Å². The van der Waals surface area contributed by atoms with Gasteiger partial charge in [-0.15, -0.1) is 0 Å². The van der Waals surface area contributed by atoms with Crippen molar-refractivity contribution >= 4 is 11.9 Å². The summed E-state index contributed by atoms with van der Waals surface area (Å²) in [5.74, 6) is -0.174. The van der Waals surface area contributed by atoms with Crippen LogP contribution in [0.5, 0.6) is 0 Å². The fraction of sp³-hybridized carbons (Fsp3) is 0.444. The van der Waals surface area contributed by atoms with E-state index in [4.69, 9.17) is 19.7 Å². The van der Waals surface area contributed by atoms with E-state index in [0.717, 1.165) is 56.1 Å². The zero-order chi connectivity index (χ0) is 17.9. The molecule has 0 fully saturated rings. The molecule has 2 aliphatic rings. The van der Waals surface area contributed by atoms with Crippen molar-refractivity contribution in [2.24, 2.45) is 0 Å². The van der Waals surface area contributed by atoms with E-state index >= 15 is 0 Å². The summed E-state index contributed by atoms with van der Waals surface area (Å²) < 4.78 is 11.5. The molecule has 0 heterocycles. The number of hydrogen-bond acceptors (Lipinski definition) is 4. The quantitative estimate of drug-likeness (QED) is 0.518. The molecule has 0 atom stereocenters. The fourth-order valence-electron chi connectivity index (χ4n) is 2.23. The number of allylic oxidation sites excluding steroid dienone is 4. The van der Waals surface area contributed by atoms with Crippen molar-refractivity contribution in [1.29, 1.82) is 0 Å². The van der Waals surface area contributed by atoms with Gasteiger partial charge in [-0.3, -0.25) is 0 Å². The third kappa shape index (κ3) is 7.67. The Balaban J connectivity index is 0.000000505. The molecule has 0 amide bonds. The van der Waals surface area contributed by atoms with Gasteiger partial charge in [0.05, 0.1) is 17.9 Å². The highest BCUT2D eigenvalue weighted by molar-refractivity contribution is 5.85. The summed E-state index contributed by atoms with van der Waals surface area (Å²) in [5.41, 5.74) is 0.113. The number of carbonyl (C=O) groups is 2. The maximum Gasteiger partial charge on any atom is 0.331 e. The monoisotopic (exact) mass is 336 g/mol. The summed E-state index contributed by atoms with van der Waals surface area (Å²) in [6, 6.07) is 0. The highest BCUT2D eigenvalue weighted by Gasteiger charge is 2.21. The molecule has 0 saturated carbocycles. The van der Waals surface area contributed by atoms with Crippen LogP contribution in [0.3, 0.4) is 0 Å². The number of hydrogen-bond donors (Lipinski definition) is 2. The fourth-order valence-corrected chi connectivity index (χ4v) is 2.23. The summed E-state index contributed by atoms with van der Waals surface area (Å²) in [5, 5.41) is 16.5. The molecule has 6 heteroatoms. The highest BCUT2D eigenvalue weighted by Crippen LogP contribution is 2.27. The molecule has 0 aromatic carbocycles. The van der Waals surface area contributed by atoms with Crippen molar-refractivity contribution in [3.05, 3.63) is 48.5 Å². The van der Waals surface area contributed by atoms with Gasteiger partial charge in [0, 0.05) is 24.5 Å². The highest BCUT2D eigenvalue weighted by atomic mass is 16.7. The summed E-state index contributed by atoms with van der Waals surface area (Å²) >= 11 is 0. The zero-order valence-electron chi connectivity index (χ0n) is 13.7. The van der Waals surface area contributed by atoms with E-state index in [-0.39, 0.29) is 12.0 Å². The lowest BCUT2D eigenvalue weighted by Crippen LogP contribution is -2.19. The van der Waals surface area contributed by atoms with E-state index < -0.39 is 18.2 Å². The molecule has 0 aliphatic heterocycles. The zero-order valence-corrected chi connectivity index (χ0v) is 13.7. The van der Waals surface area contributed by atoms with Crippen molar-refractivity contribution in [1.82, 2.24) is 0 Å². The molecule has 2 N–H and O–H groups in total. The lowest BCUT2D eigenvalue weighted by Gasteiger charge is -2.22. The molecule has 0 bridgehead atoms. The van der Waals surface area contributed by atoms with Crippen LogP contribution in [0.4, 0.5) is 0 Å². The first-order valence-corrected chi connectivity index (χ1v) is 7.90. The molecule has 0 spiro atoms. The van der Waals surface area contributed by atoms with Gasteiger partial charge in [0.25, 0.3) is 0 Å². The van der Waals surface area contributed by atoms with Crippen LogP contribution in [0.25, 0.3) is 0 Å². The molecule has 0 aromatic rings. The maximum absolute atomic E-state index is 10.9. The summed E-state index contributed by atoms with van der Waals surface area (Å²) in [7, 11) is 0. The van der Waals surface area contributed by atoms with E-state index in [2.05, 4.69) is 13.2 Å². The van der Waals surface area contributed by atoms with Gasteiger partial charge in [0.15, 0.2) is 0 Å². The Morgan fingerprint density at radius 3 is 1.88 bits per heavy atom. The van der Waals surface area contributed by atoms with E-state index in [0.29, 0.717) is 0 Å². The van der Waals surface area contributed by atoms with E-state index in [1.165, 1.54) is 0 Å². The Morgan fingerprint density at radius 1 is 1.12 bits per heavy atom. The SMILES string of the molecule is C=C(CC(OC1=CCCC1)OC1=CCCC1)C(=O)O.C=CC(=O)O. The Bertz CT molecular complexity index is 512. The van der Waals surface area contributed by atoms with Crippen molar-refractivity contribution < 1.29 is 29.3 Å². The molecule has 0 saturated heterocycles. The topological polar surface area (TPSA) is 93.1 Å². The molecule has 2 aliphatic carbocycles. The van der Waals surface area contributed by atoms with Crippen LogP contribution in [-0.4, -0.2) is 28.4 Å². The Hall–Kier alpha value is -2.50. The standard InChI is InChI=1S/C15H20O4.C3H4O2/c1-11(15(16)17)10-14(18-12-6-2-3-7-12)19-13-8-4-5-9-13;1-2-3(4)5/h6,8,14H,1-5,7,9-10H2,(H,16,17);2H,1H2,(H,4,5). The summed E-state index contributed by atoms with van der Waals surface area (Å²) in [6.07, 6.45) is 10.6. The second-order valence-electron chi connectivity index (χ2n) is 5.45. The van der Waals surface area contributed by atoms with Crippen LogP contribution in [0, 0.1) is 0 Å². The molecular weight excluding hydrogens is 312 g/mol. The molecule has 0 unspecified atom stereocenters. The molecule has 132 valence electrons. The molecule has 6 nitrogen and oxygen atoms in total. The predicted octanol–water partition coefficient (Wildman–Crippen LogP) is 3.77. The van der Waals surface area contributed by atoms with Gasteiger partial charge in [-0.1, -0.05) is 13.2 Å². The van der Waals surface area contributed by atoms with Gasteiger partial charge in [-0.25, -0.2) is 9.59 Å². The van der Waals surface area contributed by atoms with Crippen LogP contribution in [0.1, 0.15) is 44.9 Å². The molecule has 24 heavy (non-hydrogen) atoms. The lowest BCUT2D eigenvalue weighted by molar-refractivity contribution is -0.135.